The molecule has 1 aliphatic heterocycles. The fourth-order valence-electron chi connectivity index (χ4n) is 2.85. The molecule has 0 spiro atoms. The summed E-state index contributed by atoms with van der Waals surface area (Å²) < 4.78 is 32.1. The van der Waals surface area contributed by atoms with Crippen molar-refractivity contribution in [2.75, 3.05) is 18.4 Å². The normalized spacial score (nSPS) is 16.0. The van der Waals surface area contributed by atoms with Gasteiger partial charge >= 0.3 is 0 Å². The lowest BCUT2D eigenvalue weighted by atomic mass is 10.2. The van der Waals surface area contributed by atoms with Crippen LogP contribution in [0.25, 0.3) is 6.08 Å². The van der Waals surface area contributed by atoms with Crippen molar-refractivity contribution >= 4 is 27.7 Å². The summed E-state index contributed by atoms with van der Waals surface area (Å²) in [7, 11) is -3.46. The smallest absolute Gasteiger partial charge is 0.248 e. The molecule has 2 aromatic rings. The summed E-state index contributed by atoms with van der Waals surface area (Å²) in [6.45, 7) is 2.96. The molecule has 1 amide bonds. The van der Waals surface area contributed by atoms with Gasteiger partial charge in [0.25, 0.3) is 0 Å². The van der Waals surface area contributed by atoms with Crippen molar-refractivity contribution in [3.05, 3.63) is 54.0 Å². The van der Waals surface area contributed by atoms with Crippen molar-refractivity contribution in [1.82, 2.24) is 4.31 Å². The van der Waals surface area contributed by atoms with Crippen LogP contribution in [0.15, 0.2) is 51.8 Å². The highest BCUT2D eigenvalue weighted by atomic mass is 32.2. The van der Waals surface area contributed by atoms with E-state index < -0.39 is 10.0 Å². The maximum atomic E-state index is 12.6. The SMILES string of the molecule is Cc1ccc(/C=C/C(=O)Nc2ccc(S(=O)(=O)N3CCCCC3)cc2)o1. The fourth-order valence-corrected chi connectivity index (χ4v) is 4.37. The van der Waals surface area contributed by atoms with Gasteiger partial charge in [0.05, 0.1) is 4.90 Å². The molecule has 2 heterocycles. The number of nitrogens with zero attached hydrogens (tertiary/aromatic N) is 1. The van der Waals surface area contributed by atoms with Gasteiger partial charge in [-0.15, -0.1) is 0 Å². The number of benzene rings is 1. The highest BCUT2D eigenvalue weighted by Gasteiger charge is 2.25. The van der Waals surface area contributed by atoms with E-state index in [9.17, 15) is 13.2 Å². The number of carbonyl (C=O) groups is 1. The predicted octanol–water partition coefficient (Wildman–Crippen LogP) is 3.41. The number of nitrogens with one attached hydrogen (secondary N) is 1. The molecule has 1 aliphatic rings. The first-order valence-electron chi connectivity index (χ1n) is 8.61. The van der Waals surface area contributed by atoms with E-state index in [4.69, 9.17) is 4.42 Å². The molecule has 0 bridgehead atoms. The largest absolute Gasteiger partial charge is 0.462 e. The molecule has 0 radical (unpaired) electrons. The second-order valence-corrected chi connectivity index (χ2v) is 8.20. The number of anilines is 1. The summed E-state index contributed by atoms with van der Waals surface area (Å²) in [5.41, 5.74) is 0.535. The third kappa shape index (κ3) is 4.42. The highest BCUT2D eigenvalue weighted by Crippen LogP contribution is 2.22. The molecular weight excluding hydrogens is 352 g/mol. The monoisotopic (exact) mass is 374 g/mol. The van der Waals surface area contributed by atoms with E-state index in [1.165, 1.54) is 22.5 Å². The van der Waals surface area contributed by atoms with E-state index in [0.717, 1.165) is 25.0 Å². The van der Waals surface area contributed by atoms with Crippen LogP contribution in [-0.2, 0) is 14.8 Å². The van der Waals surface area contributed by atoms with Gasteiger partial charge in [0.2, 0.25) is 15.9 Å². The first-order chi connectivity index (χ1) is 12.4. The Morgan fingerprint density at radius 1 is 1.08 bits per heavy atom. The first kappa shape index (κ1) is 18.4. The Bertz CT molecular complexity index is 892. The molecule has 7 heteroatoms. The number of aryl methyl sites for hydroxylation is 1. The average Bonchev–Trinajstić information content (AvgIpc) is 3.06. The second-order valence-electron chi connectivity index (χ2n) is 6.26. The van der Waals surface area contributed by atoms with Crippen LogP contribution in [0.1, 0.15) is 30.8 Å². The van der Waals surface area contributed by atoms with Crippen LogP contribution in [0.4, 0.5) is 5.69 Å². The Kier molecular flexibility index (Phi) is 5.58. The summed E-state index contributed by atoms with van der Waals surface area (Å²) in [5.74, 6) is 1.06. The van der Waals surface area contributed by atoms with Crippen LogP contribution in [0.2, 0.25) is 0 Å². The lowest BCUT2D eigenvalue weighted by Gasteiger charge is -2.25. The molecule has 26 heavy (non-hydrogen) atoms. The topological polar surface area (TPSA) is 79.6 Å². The minimum absolute atomic E-state index is 0.249. The molecule has 138 valence electrons. The van der Waals surface area contributed by atoms with E-state index in [0.29, 0.717) is 24.5 Å². The minimum Gasteiger partial charge on any atom is -0.462 e. The lowest BCUT2D eigenvalue weighted by Crippen LogP contribution is -2.35. The summed E-state index contributed by atoms with van der Waals surface area (Å²) in [5, 5.41) is 2.70. The molecule has 3 rings (SSSR count). The number of sulfonamides is 1. The summed E-state index contributed by atoms with van der Waals surface area (Å²) in [6.07, 6.45) is 5.82. The van der Waals surface area contributed by atoms with Crippen molar-refractivity contribution < 1.29 is 17.6 Å². The van der Waals surface area contributed by atoms with Gasteiger partial charge in [0.15, 0.2) is 0 Å². The fraction of sp³-hybridized carbons (Fsp3) is 0.316. The van der Waals surface area contributed by atoms with Crippen LogP contribution in [0.5, 0.6) is 0 Å². The van der Waals surface area contributed by atoms with Gasteiger partial charge in [-0.3, -0.25) is 4.79 Å². The van der Waals surface area contributed by atoms with E-state index in [1.807, 2.05) is 13.0 Å². The zero-order valence-electron chi connectivity index (χ0n) is 14.6. The summed E-state index contributed by atoms with van der Waals surface area (Å²) >= 11 is 0. The molecule has 6 nitrogen and oxygen atoms in total. The molecule has 0 unspecified atom stereocenters. The second kappa shape index (κ2) is 7.88. The van der Waals surface area contributed by atoms with Crippen LogP contribution < -0.4 is 5.32 Å². The third-order valence-electron chi connectivity index (χ3n) is 4.23. The molecule has 0 saturated carbocycles. The Hall–Kier alpha value is -2.38. The van der Waals surface area contributed by atoms with E-state index >= 15 is 0 Å². The number of amides is 1. The van der Waals surface area contributed by atoms with Gasteiger partial charge in [0, 0.05) is 24.9 Å². The molecule has 1 N–H and O–H groups in total. The quantitative estimate of drug-likeness (QED) is 0.814. The van der Waals surface area contributed by atoms with Crippen LogP contribution >= 0.6 is 0 Å². The van der Waals surface area contributed by atoms with Crippen molar-refractivity contribution in [3.63, 3.8) is 0 Å². The standard InChI is InChI=1S/C19H22N2O4S/c1-15-5-8-17(25-15)9-12-19(22)20-16-6-10-18(11-7-16)26(23,24)21-13-3-2-4-14-21/h5-12H,2-4,13-14H2,1H3,(H,20,22)/b12-9+. The van der Waals surface area contributed by atoms with Crippen LogP contribution in [0.3, 0.4) is 0 Å². The number of hydrogen-bond acceptors (Lipinski definition) is 4. The van der Waals surface area contributed by atoms with Gasteiger partial charge in [-0.2, -0.15) is 4.31 Å². The Morgan fingerprint density at radius 3 is 2.38 bits per heavy atom. The molecule has 0 aliphatic carbocycles. The number of rotatable bonds is 5. The van der Waals surface area contributed by atoms with Crippen molar-refractivity contribution in [2.24, 2.45) is 0 Å². The maximum absolute atomic E-state index is 12.6. The molecule has 0 atom stereocenters. The van der Waals surface area contributed by atoms with Gasteiger partial charge in [-0.25, -0.2) is 8.42 Å². The van der Waals surface area contributed by atoms with E-state index in [1.54, 1.807) is 24.3 Å². The molecular formula is C19H22N2O4S. The molecule has 1 aromatic carbocycles. The minimum atomic E-state index is -3.46. The summed E-state index contributed by atoms with van der Waals surface area (Å²) in [6, 6.07) is 9.84. The van der Waals surface area contributed by atoms with Crippen molar-refractivity contribution in [3.8, 4) is 0 Å². The zero-order chi connectivity index (χ0) is 18.6. The first-order valence-corrected chi connectivity index (χ1v) is 10.0. The van der Waals surface area contributed by atoms with Crippen LogP contribution in [0, 0.1) is 6.92 Å². The number of furan rings is 1. The maximum Gasteiger partial charge on any atom is 0.248 e. The molecule has 1 fully saturated rings. The Morgan fingerprint density at radius 2 is 1.77 bits per heavy atom. The Balaban J connectivity index is 1.63. The lowest BCUT2D eigenvalue weighted by molar-refractivity contribution is -0.111. The number of piperidine rings is 1. The average molecular weight is 374 g/mol. The molecule has 1 saturated heterocycles. The van der Waals surface area contributed by atoms with Gasteiger partial charge < -0.3 is 9.73 Å². The summed E-state index contributed by atoms with van der Waals surface area (Å²) in [4.78, 5) is 12.2. The molecule has 1 aromatic heterocycles. The van der Waals surface area contributed by atoms with E-state index in [2.05, 4.69) is 5.32 Å². The van der Waals surface area contributed by atoms with Gasteiger partial charge in [-0.1, -0.05) is 6.42 Å². The van der Waals surface area contributed by atoms with E-state index in [-0.39, 0.29) is 10.8 Å². The predicted molar refractivity (Wildman–Crippen MR) is 100 cm³/mol. The van der Waals surface area contributed by atoms with Crippen molar-refractivity contribution in [2.45, 2.75) is 31.1 Å². The van der Waals surface area contributed by atoms with Gasteiger partial charge in [-0.05, 0) is 62.2 Å². The number of carbonyl (C=O) groups excluding carboxylic acids is 1. The zero-order valence-corrected chi connectivity index (χ0v) is 15.5. The Labute approximate surface area is 153 Å². The van der Waals surface area contributed by atoms with Crippen LogP contribution in [-0.4, -0.2) is 31.7 Å². The highest BCUT2D eigenvalue weighted by molar-refractivity contribution is 7.89. The number of hydrogen-bond donors (Lipinski definition) is 1. The van der Waals surface area contributed by atoms with Gasteiger partial charge in [0.1, 0.15) is 11.5 Å². The third-order valence-corrected chi connectivity index (χ3v) is 6.15. The van der Waals surface area contributed by atoms with Crippen molar-refractivity contribution in [1.29, 1.82) is 0 Å².